The van der Waals surface area contributed by atoms with Crippen molar-refractivity contribution in [2.75, 3.05) is 39.8 Å². The van der Waals surface area contributed by atoms with E-state index >= 15 is 0 Å². The van der Waals surface area contributed by atoms with Crippen LogP contribution in [-0.4, -0.2) is 55.6 Å². The number of hydrogen-bond acceptors (Lipinski definition) is 3. The van der Waals surface area contributed by atoms with E-state index in [2.05, 4.69) is 23.8 Å². The fourth-order valence-corrected chi connectivity index (χ4v) is 2.79. The zero-order chi connectivity index (χ0) is 13.9. The van der Waals surface area contributed by atoms with Gasteiger partial charge in [0.05, 0.1) is 0 Å². The Morgan fingerprint density at radius 3 is 2.05 bits per heavy atom. The lowest BCUT2D eigenvalue weighted by molar-refractivity contribution is 0.152. The molecule has 0 bridgehead atoms. The third kappa shape index (κ3) is 8.61. The van der Waals surface area contributed by atoms with Gasteiger partial charge in [-0.1, -0.05) is 39.0 Å². The Kier molecular flexibility index (Phi) is 9.48. The lowest BCUT2D eigenvalue weighted by Gasteiger charge is -2.32. The number of nitrogens with zero attached hydrogens (tertiary/aromatic N) is 2. The Labute approximate surface area is 120 Å². The Morgan fingerprint density at radius 2 is 1.58 bits per heavy atom. The first-order chi connectivity index (χ1) is 9.22. The van der Waals surface area contributed by atoms with Crippen LogP contribution in [0.1, 0.15) is 58.3 Å². The largest absolute Gasteiger partial charge is 0.328 e. The molecule has 2 fully saturated rings. The topological polar surface area (TPSA) is 32.5 Å². The summed E-state index contributed by atoms with van der Waals surface area (Å²) in [5.74, 6) is 0. The summed E-state index contributed by atoms with van der Waals surface area (Å²) >= 11 is 0. The lowest BCUT2D eigenvalue weighted by atomic mass is 9.97. The van der Waals surface area contributed by atoms with Crippen LogP contribution in [0.25, 0.3) is 0 Å². The first kappa shape index (κ1) is 16.9. The van der Waals surface area contributed by atoms with E-state index in [4.69, 9.17) is 5.73 Å². The van der Waals surface area contributed by atoms with Crippen molar-refractivity contribution in [3.63, 3.8) is 0 Å². The van der Waals surface area contributed by atoms with E-state index in [1.54, 1.807) is 0 Å². The number of hydrogen-bond donors (Lipinski definition) is 1. The van der Waals surface area contributed by atoms with E-state index in [1.807, 2.05) is 0 Å². The first-order valence-electron chi connectivity index (χ1n) is 8.39. The average Bonchev–Trinajstić information content (AvgIpc) is 2.43. The van der Waals surface area contributed by atoms with Gasteiger partial charge < -0.3 is 15.5 Å². The zero-order valence-corrected chi connectivity index (χ0v) is 13.2. The molecule has 0 aromatic carbocycles. The highest BCUT2D eigenvalue weighted by atomic mass is 15.2. The minimum absolute atomic E-state index is 0.536. The van der Waals surface area contributed by atoms with Gasteiger partial charge in [0.15, 0.2) is 0 Å². The van der Waals surface area contributed by atoms with Gasteiger partial charge >= 0.3 is 0 Å². The molecule has 3 nitrogen and oxygen atoms in total. The fourth-order valence-electron chi connectivity index (χ4n) is 2.79. The number of unbranched alkanes of at least 4 members (excludes halogenated alkanes) is 2. The maximum Gasteiger partial charge on any atom is 0.0110 e. The fraction of sp³-hybridized carbons (Fsp3) is 1.00. The van der Waals surface area contributed by atoms with Crippen LogP contribution in [0.4, 0.5) is 0 Å². The molecule has 0 aromatic rings. The molecule has 0 radical (unpaired) electrons. The molecule has 0 aromatic heterocycles. The summed E-state index contributed by atoms with van der Waals surface area (Å²) in [6.45, 7) is 8.66. The van der Waals surface area contributed by atoms with Crippen LogP contribution in [-0.2, 0) is 0 Å². The minimum Gasteiger partial charge on any atom is -0.328 e. The standard InChI is InChI=1S/C10H22N2.C6H13N/c1-3-4-5-6-12-9-7-11(2)8-10-12;7-6-4-2-1-3-5-6/h3-10H2,1-2H3;6H,1-5,7H2. The number of piperazine rings is 1. The lowest BCUT2D eigenvalue weighted by Crippen LogP contribution is -2.44. The van der Waals surface area contributed by atoms with Gasteiger partial charge in [-0.25, -0.2) is 0 Å². The number of rotatable bonds is 4. The highest BCUT2D eigenvalue weighted by Crippen LogP contribution is 2.14. The third-order valence-corrected chi connectivity index (χ3v) is 4.32. The van der Waals surface area contributed by atoms with Crippen LogP contribution < -0.4 is 5.73 Å². The summed E-state index contributed by atoms with van der Waals surface area (Å²) in [6, 6.07) is 0.536. The van der Waals surface area contributed by atoms with Gasteiger partial charge in [0.25, 0.3) is 0 Å². The monoisotopic (exact) mass is 269 g/mol. The van der Waals surface area contributed by atoms with Gasteiger partial charge in [0.2, 0.25) is 0 Å². The Hall–Kier alpha value is -0.120. The van der Waals surface area contributed by atoms with Gasteiger partial charge in [-0.05, 0) is 32.9 Å². The molecule has 114 valence electrons. The molecule has 3 heteroatoms. The third-order valence-electron chi connectivity index (χ3n) is 4.32. The van der Waals surface area contributed by atoms with Gasteiger partial charge in [0.1, 0.15) is 0 Å². The number of nitrogens with two attached hydrogens (primary N) is 1. The van der Waals surface area contributed by atoms with Crippen molar-refractivity contribution >= 4 is 0 Å². The summed E-state index contributed by atoms with van der Waals surface area (Å²) in [5.41, 5.74) is 5.63. The van der Waals surface area contributed by atoms with Crippen LogP contribution in [0.5, 0.6) is 0 Å². The molecular weight excluding hydrogens is 234 g/mol. The number of likely N-dealkylation sites (N-methyl/N-ethyl adjacent to an activating group) is 1. The molecule has 1 heterocycles. The Bertz CT molecular complexity index is 194. The summed E-state index contributed by atoms with van der Waals surface area (Å²) in [6.07, 6.45) is 10.8. The molecule has 1 saturated heterocycles. The molecule has 1 aliphatic heterocycles. The zero-order valence-electron chi connectivity index (χ0n) is 13.2. The maximum atomic E-state index is 5.63. The van der Waals surface area contributed by atoms with E-state index < -0.39 is 0 Å². The molecule has 1 aliphatic carbocycles. The molecule has 1 saturated carbocycles. The predicted molar refractivity (Wildman–Crippen MR) is 84.5 cm³/mol. The molecule has 0 atom stereocenters. The van der Waals surface area contributed by atoms with Crippen molar-refractivity contribution in [2.24, 2.45) is 5.73 Å². The molecule has 19 heavy (non-hydrogen) atoms. The first-order valence-corrected chi connectivity index (χ1v) is 8.39. The Morgan fingerprint density at radius 1 is 0.947 bits per heavy atom. The molecule has 0 unspecified atom stereocenters. The second kappa shape index (κ2) is 10.6. The smallest absolute Gasteiger partial charge is 0.0110 e. The summed E-state index contributed by atoms with van der Waals surface area (Å²) in [4.78, 5) is 5.01. The van der Waals surface area contributed by atoms with Crippen LogP contribution in [0.3, 0.4) is 0 Å². The quantitative estimate of drug-likeness (QED) is 0.797. The van der Waals surface area contributed by atoms with Gasteiger partial charge in [0, 0.05) is 32.2 Å². The predicted octanol–water partition coefficient (Wildman–Crippen LogP) is 2.70. The van der Waals surface area contributed by atoms with Crippen molar-refractivity contribution < 1.29 is 0 Å². The highest BCUT2D eigenvalue weighted by Gasteiger charge is 2.12. The second-order valence-corrected chi connectivity index (χ2v) is 6.25. The van der Waals surface area contributed by atoms with Crippen molar-refractivity contribution in [2.45, 2.75) is 64.3 Å². The minimum atomic E-state index is 0.536. The van der Waals surface area contributed by atoms with Crippen molar-refractivity contribution in [1.82, 2.24) is 9.80 Å². The van der Waals surface area contributed by atoms with E-state index in [9.17, 15) is 0 Å². The van der Waals surface area contributed by atoms with Crippen LogP contribution >= 0.6 is 0 Å². The van der Waals surface area contributed by atoms with Crippen LogP contribution in [0.15, 0.2) is 0 Å². The SMILES string of the molecule is CCCCCN1CCN(C)CC1.NC1CCCCC1. The second-order valence-electron chi connectivity index (χ2n) is 6.25. The Balaban J connectivity index is 0.000000218. The normalized spacial score (nSPS) is 22.9. The molecule has 0 spiro atoms. The van der Waals surface area contributed by atoms with Crippen molar-refractivity contribution in [1.29, 1.82) is 0 Å². The summed E-state index contributed by atoms with van der Waals surface area (Å²) < 4.78 is 0. The molecule has 0 amide bonds. The summed E-state index contributed by atoms with van der Waals surface area (Å²) in [5, 5.41) is 0. The van der Waals surface area contributed by atoms with E-state index in [1.165, 1.54) is 84.1 Å². The average molecular weight is 269 g/mol. The van der Waals surface area contributed by atoms with Crippen molar-refractivity contribution in [3.05, 3.63) is 0 Å². The van der Waals surface area contributed by atoms with E-state index in [-0.39, 0.29) is 0 Å². The van der Waals surface area contributed by atoms with E-state index in [0.717, 1.165) is 0 Å². The van der Waals surface area contributed by atoms with E-state index in [0.29, 0.717) is 6.04 Å². The van der Waals surface area contributed by atoms with Gasteiger partial charge in [-0.15, -0.1) is 0 Å². The summed E-state index contributed by atoms with van der Waals surface area (Å²) in [7, 11) is 2.21. The highest BCUT2D eigenvalue weighted by molar-refractivity contribution is 4.68. The molecule has 2 aliphatic rings. The van der Waals surface area contributed by atoms with Crippen LogP contribution in [0, 0.1) is 0 Å². The van der Waals surface area contributed by atoms with Gasteiger partial charge in [-0.2, -0.15) is 0 Å². The van der Waals surface area contributed by atoms with Crippen LogP contribution in [0.2, 0.25) is 0 Å². The van der Waals surface area contributed by atoms with Crippen molar-refractivity contribution in [3.8, 4) is 0 Å². The maximum absolute atomic E-state index is 5.63. The molecule has 2 rings (SSSR count). The van der Waals surface area contributed by atoms with Gasteiger partial charge in [-0.3, -0.25) is 0 Å². The molecular formula is C16H35N3. The molecule has 2 N–H and O–H groups in total.